The lowest BCUT2D eigenvalue weighted by Crippen LogP contribution is -2.50. The Bertz CT molecular complexity index is 834. The Morgan fingerprint density at radius 2 is 1.62 bits per heavy atom. The zero-order valence-electron chi connectivity index (χ0n) is 18.1. The van der Waals surface area contributed by atoms with Crippen LogP contribution in [0.5, 0.6) is 5.75 Å². The molecule has 0 bridgehead atoms. The average Bonchev–Trinajstić information content (AvgIpc) is 2.71. The maximum absolute atomic E-state index is 13.1. The summed E-state index contributed by atoms with van der Waals surface area (Å²) in [5, 5.41) is 2.97. The van der Waals surface area contributed by atoms with Gasteiger partial charge in [-0.05, 0) is 56.9 Å². The van der Waals surface area contributed by atoms with Gasteiger partial charge in [0, 0.05) is 12.6 Å². The molecule has 2 unspecified atom stereocenters. The molecule has 0 radical (unpaired) electrons. The summed E-state index contributed by atoms with van der Waals surface area (Å²) in [6, 6.07) is 14.9. The summed E-state index contributed by atoms with van der Waals surface area (Å²) in [6.07, 6.45) is 0.834. The molecule has 0 aliphatic heterocycles. The molecular formula is C24H32N2O3. The zero-order chi connectivity index (χ0) is 21.4. The number of benzene rings is 2. The number of ether oxygens (including phenoxy) is 1. The standard InChI is InChI=1S/C24H32N2O3/c1-6-19(4)25-24(28)20(5)26(15-21-13-9-7-11-17(21)2)23(27)16-29-22-14-10-8-12-18(22)3/h7-14,19-20H,6,15-16H2,1-5H3,(H,25,28). The van der Waals surface area contributed by atoms with Crippen molar-refractivity contribution in [1.29, 1.82) is 0 Å². The number of hydrogen-bond donors (Lipinski definition) is 1. The minimum atomic E-state index is -0.600. The lowest BCUT2D eigenvalue weighted by molar-refractivity contribution is -0.142. The van der Waals surface area contributed by atoms with Crippen LogP contribution in [0, 0.1) is 13.8 Å². The van der Waals surface area contributed by atoms with Crippen molar-refractivity contribution in [3.05, 3.63) is 65.2 Å². The number of carbonyl (C=O) groups is 2. The largest absolute Gasteiger partial charge is 0.484 e. The Balaban J connectivity index is 2.18. The molecule has 5 nitrogen and oxygen atoms in total. The summed E-state index contributed by atoms with van der Waals surface area (Å²) in [4.78, 5) is 27.4. The van der Waals surface area contributed by atoms with Gasteiger partial charge in [0.1, 0.15) is 11.8 Å². The van der Waals surface area contributed by atoms with Crippen molar-refractivity contribution in [3.63, 3.8) is 0 Å². The third-order valence-electron chi connectivity index (χ3n) is 5.22. The number of hydrogen-bond acceptors (Lipinski definition) is 3. The number of para-hydroxylation sites is 1. The van der Waals surface area contributed by atoms with Crippen molar-refractivity contribution in [2.75, 3.05) is 6.61 Å². The first-order valence-electron chi connectivity index (χ1n) is 10.2. The third kappa shape index (κ3) is 6.34. The van der Waals surface area contributed by atoms with Crippen LogP contribution in [0.2, 0.25) is 0 Å². The van der Waals surface area contributed by atoms with Crippen LogP contribution in [0.1, 0.15) is 43.9 Å². The Kier molecular flexibility index (Phi) is 8.25. The molecule has 2 rings (SSSR count). The van der Waals surface area contributed by atoms with Gasteiger partial charge in [-0.2, -0.15) is 0 Å². The zero-order valence-corrected chi connectivity index (χ0v) is 18.1. The molecule has 0 saturated carbocycles. The molecule has 2 atom stereocenters. The summed E-state index contributed by atoms with van der Waals surface area (Å²) in [5.41, 5.74) is 3.06. The second-order valence-corrected chi connectivity index (χ2v) is 7.50. The highest BCUT2D eigenvalue weighted by atomic mass is 16.5. The third-order valence-corrected chi connectivity index (χ3v) is 5.22. The summed E-state index contributed by atoms with van der Waals surface area (Å²) < 4.78 is 5.76. The van der Waals surface area contributed by atoms with Crippen molar-refractivity contribution in [2.45, 2.75) is 59.7 Å². The summed E-state index contributed by atoms with van der Waals surface area (Å²) in [5.74, 6) is 0.300. The van der Waals surface area contributed by atoms with Gasteiger partial charge in [0.05, 0.1) is 0 Å². The SMILES string of the molecule is CCC(C)NC(=O)C(C)N(Cc1ccccc1C)C(=O)COc1ccccc1C. The molecule has 0 aliphatic rings. The van der Waals surface area contributed by atoms with Gasteiger partial charge in [0.25, 0.3) is 5.91 Å². The molecule has 0 aliphatic carbocycles. The Labute approximate surface area is 174 Å². The minimum Gasteiger partial charge on any atom is -0.484 e. The monoisotopic (exact) mass is 396 g/mol. The van der Waals surface area contributed by atoms with Crippen molar-refractivity contribution in [3.8, 4) is 5.75 Å². The Morgan fingerprint density at radius 3 is 2.24 bits per heavy atom. The topological polar surface area (TPSA) is 58.6 Å². The maximum atomic E-state index is 13.1. The second-order valence-electron chi connectivity index (χ2n) is 7.50. The highest BCUT2D eigenvalue weighted by Gasteiger charge is 2.27. The predicted molar refractivity (Wildman–Crippen MR) is 116 cm³/mol. The number of rotatable bonds is 9. The van der Waals surface area contributed by atoms with E-state index in [9.17, 15) is 9.59 Å². The van der Waals surface area contributed by atoms with E-state index in [0.717, 1.165) is 23.1 Å². The first-order chi connectivity index (χ1) is 13.8. The number of nitrogens with one attached hydrogen (secondary N) is 1. The van der Waals surface area contributed by atoms with Crippen LogP contribution in [-0.4, -0.2) is 35.4 Å². The average molecular weight is 397 g/mol. The molecular weight excluding hydrogens is 364 g/mol. The molecule has 0 fully saturated rings. The lowest BCUT2D eigenvalue weighted by atomic mass is 10.1. The van der Waals surface area contributed by atoms with E-state index < -0.39 is 6.04 Å². The highest BCUT2D eigenvalue weighted by Crippen LogP contribution is 2.18. The van der Waals surface area contributed by atoms with Gasteiger partial charge in [-0.1, -0.05) is 49.4 Å². The van der Waals surface area contributed by atoms with E-state index in [4.69, 9.17) is 4.74 Å². The summed E-state index contributed by atoms with van der Waals surface area (Å²) in [6.45, 7) is 9.93. The van der Waals surface area contributed by atoms with E-state index in [1.165, 1.54) is 0 Å². The van der Waals surface area contributed by atoms with Crippen LogP contribution in [0.15, 0.2) is 48.5 Å². The fourth-order valence-electron chi connectivity index (χ4n) is 2.96. The second kappa shape index (κ2) is 10.6. The first-order valence-corrected chi connectivity index (χ1v) is 10.2. The van der Waals surface area contributed by atoms with Crippen LogP contribution in [0.3, 0.4) is 0 Å². The molecule has 0 aromatic heterocycles. The molecule has 156 valence electrons. The van der Waals surface area contributed by atoms with E-state index in [0.29, 0.717) is 12.3 Å². The van der Waals surface area contributed by atoms with Gasteiger partial charge in [-0.15, -0.1) is 0 Å². The first kappa shape index (κ1) is 22.5. The van der Waals surface area contributed by atoms with Crippen LogP contribution < -0.4 is 10.1 Å². The quantitative estimate of drug-likeness (QED) is 0.697. The van der Waals surface area contributed by atoms with Crippen molar-refractivity contribution < 1.29 is 14.3 Å². The smallest absolute Gasteiger partial charge is 0.261 e. The minimum absolute atomic E-state index is 0.0589. The van der Waals surface area contributed by atoms with Crippen molar-refractivity contribution in [2.24, 2.45) is 0 Å². The molecule has 0 saturated heterocycles. The number of nitrogens with zero attached hydrogens (tertiary/aromatic N) is 1. The van der Waals surface area contributed by atoms with E-state index in [1.54, 1.807) is 11.8 Å². The van der Waals surface area contributed by atoms with E-state index in [1.807, 2.05) is 76.2 Å². The van der Waals surface area contributed by atoms with E-state index >= 15 is 0 Å². The normalized spacial score (nSPS) is 12.7. The Morgan fingerprint density at radius 1 is 1.00 bits per heavy atom. The molecule has 0 spiro atoms. The maximum Gasteiger partial charge on any atom is 0.261 e. The molecule has 2 amide bonds. The molecule has 2 aromatic rings. The van der Waals surface area contributed by atoms with E-state index in [-0.39, 0.29) is 24.5 Å². The van der Waals surface area contributed by atoms with Crippen molar-refractivity contribution >= 4 is 11.8 Å². The predicted octanol–water partition coefficient (Wildman–Crippen LogP) is 4.01. The summed E-state index contributed by atoms with van der Waals surface area (Å²) >= 11 is 0. The van der Waals surface area contributed by atoms with Gasteiger partial charge in [0.15, 0.2) is 6.61 Å². The lowest BCUT2D eigenvalue weighted by Gasteiger charge is -2.30. The number of carbonyl (C=O) groups excluding carboxylic acids is 2. The summed E-state index contributed by atoms with van der Waals surface area (Å²) in [7, 11) is 0. The Hall–Kier alpha value is -2.82. The molecule has 5 heteroatoms. The van der Waals surface area contributed by atoms with Gasteiger partial charge >= 0.3 is 0 Å². The van der Waals surface area contributed by atoms with Crippen LogP contribution in [-0.2, 0) is 16.1 Å². The van der Waals surface area contributed by atoms with Gasteiger partial charge in [-0.25, -0.2) is 0 Å². The number of amides is 2. The molecule has 0 heterocycles. The highest BCUT2D eigenvalue weighted by molar-refractivity contribution is 5.88. The van der Waals surface area contributed by atoms with E-state index in [2.05, 4.69) is 5.32 Å². The van der Waals surface area contributed by atoms with Crippen LogP contribution in [0.25, 0.3) is 0 Å². The molecule has 29 heavy (non-hydrogen) atoms. The molecule has 2 aromatic carbocycles. The van der Waals surface area contributed by atoms with Gasteiger partial charge in [-0.3, -0.25) is 9.59 Å². The van der Waals surface area contributed by atoms with Gasteiger partial charge in [0.2, 0.25) is 5.91 Å². The van der Waals surface area contributed by atoms with Crippen LogP contribution in [0.4, 0.5) is 0 Å². The fraction of sp³-hybridized carbons (Fsp3) is 0.417. The fourth-order valence-corrected chi connectivity index (χ4v) is 2.96. The van der Waals surface area contributed by atoms with Crippen LogP contribution >= 0.6 is 0 Å². The van der Waals surface area contributed by atoms with Crippen molar-refractivity contribution in [1.82, 2.24) is 10.2 Å². The van der Waals surface area contributed by atoms with Gasteiger partial charge < -0.3 is 15.0 Å². The molecule has 1 N–H and O–H groups in total. The number of aryl methyl sites for hydroxylation is 2.